The molecule has 4 nitrogen and oxygen atoms in total. The molecule has 0 amide bonds. The van der Waals surface area contributed by atoms with Gasteiger partial charge in [0.15, 0.2) is 5.82 Å². The summed E-state index contributed by atoms with van der Waals surface area (Å²) >= 11 is 11.8. The van der Waals surface area contributed by atoms with Crippen LogP contribution in [0.5, 0.6) is 0 Å². The highest BCUT2D eigenvalue weighted by Crippen LogP contribution is 2.32. The van der Waals surface area contributed by atoms with Gasteiger partial charge >= 0.3 is 0 Å². The molecule has 0 unspecified atom stereocenters. The molecule has 0 radical (unpaired) electrons. The predicted molar refractivity (Wildman–Crippen MR) is 85.0 cm³/mol. The Labute approximate surface area is 128 Å². The second-order valence-electron chi connectivity index (χ2n) is 4.87. The van der Waals surface area contributed by atoms with Crippen LogP contribution >= 0.6 is 23.2 Å². The molecule has 0 saturated carbocycles. The summed E-state index contributed by atoms with van der Waals surface area (Å²) in [6.45, 7) is 6.17. The topological polar surface area (TPSA) is 63.8 Å². The molecule has 2 aromatic heterocycles. The van der Waals surface area contributed by atoms with E-state index in [2.05, 4.69) is 29.1 Å². The Hall–Kier alpha value is -1.52. The van der Waals surface area contributed by atoms with E-state index in [1.54, 1.807) is 12.3 Å². The van der Waals surface area contributed by atoms with Crippen molar-refractivity contribution in [2.75, 3.05) is 11.1 Å². The fourth-order valence-corrected chi connectivity index (χ4v) is 2.18. The molecule has 2 aromatic rings. The van der Waals surface area contributed by atoms with Gasteiger partial charge in [0.05, 0.1) is 22.1 Å². The Morgan fingerprint density at radius 3 is 2.65 bits per heavy atom. The van der Waals surface area contributed by atoms with Crippen LogP contribution in [0, 0.1) is 6.92 Å². The number of pyridine rings is 2. The SMILES string of the molecule is Cc1ccnc(C(C)C)c1Nc1nc(Cl)c(Cl)cc1N. The highest BCUT2D eigenvalue weighted by Gasteiger charge is 2.14. The lowest BCUT2D eigenvalue weighted by atomic mass is 10.0. The molecular weight excluding hydrogens is 295 g/mol. The maximum atomic E-state index is 5.94. The van der Waals surface area contributed by atoms with Crippen LogP contribution < -0.4 is 11.1 Å². The first kappa shape index (κ1) is 14.9. The van der Waals surface area contributed by atoms with E-state index >= 15 is 0 Å². The first-order valence-electron chi connectivity index (χ1n) is 6.24. The van der Waals surface area contributed by atoms with Crippen LogP contribution in [0.25, 0.3) is 0 Å². The fraction of sp³-hybridized carbons (Fsp3) is 0.286. The molecule has 106 valence electrons. The van der Waals surface area contributed by atoms with Crippen LogP contribution in [0.2, 0.25) is 10.2 Å². The minimum Gasteiger partial charge on any atom is -0.396 e. The predicted octanol–water partition coefficient (Wildman–Crippen LogP) is 4.54. The number of rotatable bonds is 3. The second-order valence-corrected chi connectivity index (χ2v) is 5.63. The molecule has 0 fully saturated rings. The zero-order chi connectivity index (χ0) is 14.9. The molecule has 0 aliphatic carbocycles. The van der Waals surface area contributed by atoms with E-state index in [4.69, 9.17) is 28.9 Å². The quantitative estimate of drug-likeness (QED) is 0.817. The van der Waals surface area contributed by atoms with Crippen LogP contribution in [0.4, 0.5) is 17.2 Å². The molecule has 3 N–H and O–H groups in total. The van der Waals surface area contributed by atoms with Crippen molar-refractivity contribution in [1.82, 2.24) is 9.97 Å². The summed E-state index contributed by atoms with van der Waals surface area (Å²) in [7, 11) is 0. The number of nitrogen functional groups attached to an aromatic ring is 1. The molecule has 2 rings (SSSR count). The average Bonchev–Trinajstić information content (AvgIpc) is 2.37. The first-order chi connectivity index (χ1) is 9.40. The normalized spacial score (nSPS) is 10.9. The average molecular weight is 311 g/mol. The smallest absolute Gasteiger partial charge is 0.155 e. The Bertz CT molecular complexity index is 641. The van der Waals surface area contributed by atoms with Gasteiger partial charge in [-0.05, 0) is 30.5 Å². The summed E-state index contributed by atoms with van der Waals surface area (Å²) in [4.78, 5) is 8.59. The van der Waals surface area contributed by atoms with Crippen LogP contribution in [0.3, 0.4) is 0 Å². The van der Waals surface area contributed by atoms with Crippen molar-refractivity contribution >= 4 is 40.4 Å². The van der Waals surface area contributed by atoms with E-state index in [1.807, 2.05) is 13.0 Å². The zero-order valence-electron chi connectivity index (χ0n) is 11.5. The third-order valence-corrected chi connectivity index (χ3v) is 3.61. The lowest BCUT2D eigenvalue weighted by Gasteiger charge is -2.17. The summed E-state index contributed by atoms with van der Waals surface area (Å²) in [6.07, 6.45) is 1.79. The molecule has 0 saturated heterocycles. The summed E-state index contributed by atoms with van der Waals surface area (Å²) in [5.41, 5.74) is 9.29. The van der Waals surface area contributed by atoms with Crippen LogP contribution in [-0.4, -0.2) is 9.97 Å². The number of anilines is 3. The molecule has 0 atom stereocenters. The number of halogens is 2. The van der Waals surface area contributed by atoms with E-state index in [-0.39, 0.29) is 11.1 Å². The minimum atomic E-state index is 0.219. The Morgan fingerprint density at radius 2 is 2.00 bits per heavy atom. The van der Waals surface area contributed by atoms with Gasteiger partial charge in [-0.1, -0.05) is 37.0 Å². The maximum Gasteiger partial charge on any atom is 0.155 e. The number of hydrogen-bond acceptors (Lipinski definition) is 4. The van der Waals surface area contributed by atoms with Gasteiger partial charge in [0.1, 0.15) is 5.15 Å². The highest BCUT2D eigenvalue weighted by atomic mass is 35.5. The van der Waals surface area contributed by atoms with Gasteiger partial charge in [0.2, 0.25) is 0 Å². The number of nitrogens with two attached hydrogens (primary N) is 1. The number of nitrogens with zero attached hydrogens (tertiary/aromatic N) is 2. The van der Waals surface area contributed by atoms with E-state index in [0.29, 0.717) is 16.5 Å². The molecule has 0 aromatic carbocycles. The van der Waals surface area contributed by atoms with Crippen LogP contribution in [0.15, 0.2) is 18.3 Å². The van der Waals surface area contributed by atoms with Crippen molar-refractivity contribution in [3.8, 4) is 0 Å². The number of nitrogens with one attached hydrogen (secondary N) is 1. The van der Waals surface area contributed by atoms with E-state index < -0.39 is 0 Å². The largest absolute Gasteiger partial charge is 0.396 e. The molecule has 0 aliphatic heterocycles. The third kappa shape index (κ3) is 2.97. The number of aryl methyl sites for hydroxylation is 1. The monoisotopic (exact) mass is 310 g/mol. The third-order valence-electron chi connectivity index (χ3n) is 2.94. The maximum absolute atomic E-state index is 5.94. The number of hydrogen-bond donors (Lipinski definition) is 2. The van der Waals surface area contributed by atoms with Gasteiger partial charge in [0.25, 0.3) is 0 Å². The van der Waals surface area contributed by atoms with E-state index in [1.165, 1.54) is 0 Å². The minimum absolute atomic E-state index is 0.219. The molecule has 2 heterocycles. The summed E-state index contributed by atoms with van der Waals surface area (Å²) in [5.74, 6) is 0.763. The first-order valence-corrected chi connectivity index (χ1v) is 6.99. The van der Waals surface area contributed by atoms with Gasteiger partial charge in [-0.15, -0.1) is 0 Å². The van der Waals surface area contributed by atoms with Crippen molar-refractivity contribution in [2.24, 2.45) is 0 Å². The molecule has 6 heteroatoms. The van der Waals surface area contributed by atoms with Crippen LogP contribution in [0.1, 0.15) is 31.0 Å². The Morgan fingerprint density at radius 1 is 1.30 bits per heavy atom. The molecule has 20 heavy (non-hydrogen) atoms. The van der Waals surface area contributed by atoms with Crippen molar-refractivity contribution in [1.29, 1.82) is 0 Å². The van der Waals surface area contributed by atoms with Crippen molar-refractivity contribution in [2.45, 2.75) is 26.7 Å². The Kier molecular flexibility index (Phi) is 4.35. The van der Waals surface area contributed by atoms with Crippen LogP contribution in [-0.2, 0) is 0 Å². The van der Waals surface area contributed by atoms with Gasteiger partial charge in [-0.2, -0.15) is 0 Å². The molecular formula is C14H16Cl2N4. The summed E-state index contributed by atoms with van der Waals surface area (Å²) in [6, 6.07) is 3.52. The van der Waals surface area contributed by atoms with Crippen molar-refractivity contribution < 1.29 is 0 Å². The van der Waals surface area contributed by atoms with Crippen molar-refractivity contribution in [3.05, 3.63) is 39.8 Å². The summed E-state index contributed by atoms with van der Waals surface area (Å²) in [5, 5.41) is 3.77. The fourth-order valence-electron chi connectivity index (χ4n) is 1.88. The molecule has 0 bridgehead atoms. The van der Waals surface area contributed by atoms with Gasteiger partial charge in [0, 0.05) is 6.20 Å². The lowest BCUT2D eigenvalue weighted by Crippen LogP contribution is -2.06. The molecule has 0 spiro atoms. The summed E-state index contributed by atoms with van der Waals surface area (Å²) < 4.78 is 0. The Balaban J connectivity index is 2.47. The van der Waals surface area contributed by atoms with Gasteiger partial charge in [-0.25, -0.2) is 4.98 Å². The van der Waals surface area contributed by atoms with Gasteiger partial charge < -0.3 is 11.1 Å². The standard InChI is InChI=1S/C14H16Cl2N4/c1-7(2)11-12(8(3)4-5-18-11)19-14-10(17)6-9(15)13(16)20-14/h4-7H,17H2,1-3H3,(H,19,20). The van der Waals surface area contributed by atoms with Gasteiger partial charge in [-0.3, -0.25) is 4.98 Å². The second kappa shape index (κ2) is 5.85. The number of aromatic nitrogens is 2. The van der Waals surface area contributed by atoms with E-state index in [9.17, 15) is 0 Å². The lowest BCUT2D eigenvalue weighted by molar-refractivity contribution is 0.823. The highest BCUT2D eigenvalue weighted by molar-refractivity contribution is 6.41. The molecule has 0 aliphatic rings. The zero-order valence-corrected chi connectivity index (χ0v) is 13.0. The van der Waals surface area contributed by atoms with E-state index in [0.717, 1.165) is 16.9 Å². The van der Waals surface area contributed by atoms with Crippen molar-refractivity contribution in [3.63, 3.8) is 0 Å².